The summed E-state index contributed by atoms with van der Waals surface area (Å²) in [4.78, 5) is 22.8. The number of allylic oxidation sites excluding steroid dienone is 1. The van der Waals surface area contributed by atoms with Crippen molar-refractivity contribution in [2.45, 2.75) is 0 Å². The first kappa shape index (κ1) is 18.1. The number of carboxylic acids is 1. The summed E-state index contributed by atoms with van der Waals surface area (Å²) in [6, 6.07) is 11.7. The van der Waals surface area contributed by atoms with Crippen molar-refractivity contribution in [2.75, 3.05) is 20.8 Å². The zero-order chi connectivity index (χ0) is 18.2. The minimum atomic E-state index is -1.08. The van der Waals surface area contributed by atoms with Gasteiger partial charge in [-0.3, -0.25) is 4.79 Å². The van der Waals surface area contributed by atoms with Crippen molar-refractivity contribution >= 4 is 17.8 Å². The number of ketones is 1. The van der Waals surface area contributed by atoms with E-state index in [4.69, 9.17) is 19.3 Å². The lowest BCUT2D eigenvalue weighted by Crippen LogP contribution is -2.09. The Balaban J connectivity index is 2.12. The molecule has 0 saturated carbocycles. The third-order valence-corrected chi connectivity index (χ3v) is 3.32. The fraction of sp³-hybridized carbons (Fsp3) is 0.158. The van der Waals surface area contributed by atoms with E-state index < -0.39 is 12.6 Å². The summed E-state index contributed by atoms with van der Waals surface area (Å²) in [5, 5.41) is 8.62. The van der Waals surface area contributed by atoms with E-state index in [9.17, 15) is 9.59 Å². The highest BCUT2D eigenvalue weighted by Gasteiger charge is 2.06. The lowest BCUT2D eigenvalue weighted by atomic mass is 10.1. The molecule has 0 atom stereocenters. The predicted octanol–water partition coefficient (Wildman–Crippen LogP) is 3.06. The number of benzene rings is 2. The fourth-order valence-electron chi connectivity index (χ4n) is 2.11. The van der Waals surface area contributed by atoms with Crippen molar-refractivity contribution in [1.29, 1.82) is 0 Å². The molecule has 0 radical (unpaired) electrons. The van der Waals surface area contributed by atoms with Gasteiger partial charge in [0.15, 0.2) is 23.9 Å². The average Bonchev–Trinajstić information content (AvgIpc) is 2.64. The number of rotatable bonds is 8. The summed E-state index contributed by atoms with van der Waals surface area (Å²) in [6.45, 7) is -0.459. The lowest BCUT2D eigenvalue weighted by Gasteiger charge is -2.07. The van der Waals surface area contributed by atoms with Crippen LogP contribution in [0.2, 0.25) is 0 Å². The first-order valence-corrected chi connectivity index (χ1v) is 7.42. The van der Waals surface area contributed by atoms with E-state index in [0.29, 0.717) is 22.8 Å². The SMILES string of the molecule is COc1ccc(/C=C/C(=O)c2cccc(OCC(=O)O)c2)cc1OC. The van der Waals surface area contributed by atoms with Gasteiger partial charge in [0, 0.05) is 5.56 Å². The molecular weight excluding hydrogens is 324 g/mol. The van der Waals surface area contributed by atoms with Gasteiger partial charge in [0.25, 0.3) is 0 Å². The van der Waals surface area contributed by atoms with Gasteiger partial charge in [0.1, 0.15) is 5.75 Å². The van der Waals surface area contributed by atoms with Gasteiger partial charge < -0.3 is 19.3 Å². The molecule has 6 heteroatoms. The van der Waals surface area contributed by atoms with Gasteiger partial charge in [0.05, 0.1) is 14.2 Å². The van der Waals surface area contributed by atoms with Gasteiger partial charge in [0.2, 0.25) is 0 Å². The van der Waals surface area contributed by atoms with E-state index in [1.54, 1.807) is 56.7 Å². The van der Waals surface area contributed by atoms with Crippen LogP contribution in [-0.4, -0.2) is 37.7 Å². The molecule has 2 aromatic carbocycles. The number of carbonyl (C=O) groups excluding carboxylic acids is 1. The van der Waals surface area contributed by atoms with Gasteiger partial charge in [-0.25, -0.2) is 4.79 Å². The molecule has 0 spiro atoms. The minimum absolute atomic E-state index is 0.226. The maximum atomic E-state index is 12.3. The van der Waals surface area contributed by atoms with Gasteiger partial charge in [-0.1, -0.05) is 24.3 Å². The van der Waals surface area contributed by atoms with Crippen LogP contribution in [0.5, 0.6) is 17.2 Å². The topological polar surface area (TPSA) is 82.1 Å². The van der Waals surface area contributed by atoms with Crippen LogP contribution in [-0.2, 0) is 4.79 Å². The summed E-state index contributed by atoms with van der Waals surface area (Å²) in [5.74, 6) is 0.198. The van der Waals surface area contributed by atoms with Crippen molar-refractivity contribution in [3.05, 3.63) is 59.7 Å². The Morgan fingerprint density at radius 1 is 1.04 bits per heavy atom. The Labute approximate surface area is 145 Å². The maximum Gasteiger partial charge on any atom is 0.341 e. The molecule has 0 unspecified atom stereocenters. The van der Waals surface area contributed by atoms with E-state index >= 15 is 0 Å². The summed E-state index contributed by atoms with van der Waals surface area (Å²) in [6.07, 6.45) is 3.09. The summed E-state index contributed by atoms with van der Waals surface area (Å²) in [5.41, 5.74) is 1.18. The molecule has 0 aliphatic rings. The maximum absolute atomic E-state index is 12.3. The number of methoxy groups -OCH3 is 2. The first-order chi connectivity index (χ1) is 12.0. The van der Waals surface area contributed by atoms with E-state index in [2.05, 4.69) is 0 Å². The largest absolute Gasteiger partial charge is 0.493 e. The number of carboxylic acid groups (broad SMARTS) is 1. The average molecular weight is 342 g/mol. The molecular formula is C19H18O6. The quantitative estimate of drug-likeness (QED) is 0.586. The molecule has 0 saturated heterocycles. The monoisotopic (exact) mass is 342 g/mol. The fourth-order valence-corrected chi connectivity index (χ4v) is 2.11. The van der Waals surface area contributed by atoms with Crippen LogP contribution in [0.15, 0.2) is 48.5 Å². The highest BCUT2D eigenvalue weighted by molar-refractivity contribution is 6.07. The molecule has 0 fully saturated rings. The smallest absolute Gasteiger partial charge is 0.341 e. The van der Waals surface area contributed by atoms with Crippen molar-refractivity contribution in [3.8, 4) is 17.2 Å². The third kappa shape index (κ3) is 5.10. The second-order valence-electron chi connectivity index (χ2n) is 5.02. The number of ether oxygens (including phenoxy) is 3. The summed E-state index contributed by atoms with van der Waals surface area (Å²) < 4.78 is 15.5. The zero-order valence-electron chi connectivity index (χ0n) is 13.9. The Bertz CT molecular complexity index is 794. The van der Waals surface area contributed by atoms with Crippen LogP contribution in [0.3, 0.4) is 0 Å². The normalized spacial score (nSPS) is 10.5. The lowest BCUT2D eigenvalue weighted by molar-refractivity contribution is -0.139. The summed E-state index contributed by atoms with van der Waals surface area (Å²) >= 11 is 0. The number of hydrogen-bond donors (Lipinski definition) is 1. The highest BCUT2D eigenvalue weighted by atomic mass is 16.5. The number of carbonyl (C=O) groups is 2. The van der Waals surface area contributed by atoms with Gasteiger partial charge in [-0.05, 0) is 35.9 Å². The van der Waals surface area contributed by atoms with E-state index in [1.165, 1.54) is 12.1 Å². The molecule has 0 aliphatic carbocycles. The van der Waals surface area contributed by atoms with E-state index in [-0.39, 0.29) is 5.78 Å². The highest BCUT2D eigenvalue weighted by Crippen LogP contribution is 2.28. The van der Waals surface area contributed by atoms with Crippen LogP contribution < -0.4 is 14.2 Å². The molecule has 2 rings (SSSR count). The third-order valence-electron chi connectivity index (χ3n) is 3.32. The van der Waals surface area contributed by atoms with E-state index in [0.717, 1.165) is 5.56 Å². The second kappa shape index (κ2) is 8.54. The van der Waals surface area contributed by atoms with Crippen LogP contribution in [0.4, 0.5) is 0 Å². The standard InChI is InChI=1S/C19H18O6/c1-23-17-9-7-13(10-18(17)24-2)6-8-16(20)14-4-3-5-15(11-14)25-12-19(21)22/h3-11H,12H2,1-2H3,(H,21,22)/b8-6+. The van der Waals surface area contributed by atoms with E-state index in [1.807, 2.05) is 0 Å². The van der Waals surface area contributed by atoms with Crippen molar-refractivity contribution in [2.24, 2.45) is 0 Å². The number of hydrogen-bond acceptors (Lipinski definition) is 5. The van der Waals surface area contributed by atoms with Gasteiger partial charge in [-0.2, -0.15) is 0 Å². The molecule has 130 valence electrons. The van der Waals surface area contributed by atoms with Crippen LogP contribution in [0.25, 0.3) is 6.08 Å². The second-order valence-corrected chi connectivity index (χ2v) is 5.02. The van der Waals surface area contributed by atoms with Crippen molar-refractivity contribution in [3.63, 3.8) is 0 Å². The zero-order valence-corrected chi connectivity index (χ0v) is 13.9. The Morgan fingerprint density at radius 3 is 2.48 bits per heavy atom. The van der Waals surface area contributed by atoms with Crippen LogP contribution in [0, 0.1) is 0 Å². The first-order valence-electron chi connectivity index (χ1n) is 7.42. The molecule has 0 aliphatic heterocycles. The molecule has 0 aromatic heterocycles. The van der Waals surface area contributed by atoms with Gasteiger partial charge in [-0.15, -0.1) is 0 Å². The number of aliphatic carboxylic acids is 1. The van der Waals surface area contributed by atoms with Crippen LogP contribution >= 0.6 is 0 Å². The minimum Gasteiger partial charge on any atom is -0.493 e. The van der Waals surface area contributed by atoms with Crippen LogP contribution in [0.1, 0.15) is 15.9 Å². The molecule has 0 heterocycles. The molecule has 2 aromatic rings. The molecule has 25 heavy (non-hydrogen) atoms. The molecule has 0 bridgehead atoms. The molecule has 1 N–H and O–H groups in total. The van der Waals surface area contributed by atoms with Crippen molar-refractivity contribution < 1.29 is 28.9 Å². The van der Waals surface area contributed by atoms with Gasteiger partial charge >= 0.3 is 5.97 Å². The summed E-state index contributed by atoms with van der Waals surface area (Å²) in [7, 11) is 3.09. The Hall–Kier alpha value is -3.28. The Kier molecular flexibility index (Phi) is 6.17. The Morgan fingerprint density at radius 2 is 1.80 bits per heavy atom. The predicted molar refractivity (Wildman–Crippen MR) is 92.5 cm³/mol. The van der Waals surface area contributed by atoms with Crippen molar-refractivity contribution in [1.82, 2.24) is 0 Å². The molecule has 6 nitrogen and oxygen atoms in total. The molecule has 0 amide bonds.